The molecule has 12 heavy (non-hydrogen) atoms. The molecule has 0 unspecified atom stereocenters. The van der Waals surface area contributed by atoms with Crippen LogP contribution in [0.25, 0.3) is 0 Å². The van der Waals surface area contributed by atoms with E-state index in [0.717, 1.165) is 19.3 Å². The first-order valence-electron chi connectivity index (χ1n) is 4.01. The zero-order chi connectivity index (χ0) is 8.69. The first-order valence-corrected chi connectivity index (χ1v) is 4.01. The third kappa shape index (κ3) is 10.4. The van der Waals surface area contributed by atoms with Crippen LogP contribution < -0.4 is 0 Å². The van der Waals surface area contributed by atoms with Crippen molar-refractivity contribution in [2.24, 2.45) is 5.92 Å². The molecule has 0 fully saturated rings. The van der Waals surface area contributed by atoms with Gasteiger partial charge in [0.25, 0.3) is 0 Å². The van der Waals surface area contributed by atoms with Crippen molar-refractivity contribution in [1.29, 1.82) is 0 Å². The summed E-state index contributed by atoms with van der Waals surface area (Å²) in [6.07, 6.45) is 3.27. The average molecular weight is 184 g/mol. The molecule has 0 rings (SSSR count). The summed E-state index contributed by atoms with van der Waals surface area (Å²) in [6.45, 7) is 4.29. The van der Waals surface area contributed by atoms with Crippen LogP contribution in [0.15, 0.2) is 0 Å². The maximum absolute atomic E-state index is 10.4. The fraction of sp³-hybridized carbons (Fsp3) is 0.875. The minimum atomic E-state index is -0.534. The van der Waals surface area contributed by atoms with E-state index in [1.807, 2.05) is 0 Å². The monoisotopic (exact) mass is 184 g/mol. The van der Waals surface area contributed by atoms with E-state index in [2.05, 4.69) is 18.7 Å². The molecule has 0 saturated carbocycles. The van der Waals surface area contributed by atoms with Gasteiger partial charge in [-0.1, -0.05) is 26.7 Å². The van der Waals surface area contributed by atoms with Crippen molar-refractivity contribution in [1.82, 2.24) is 0 Å². The van der Waals surface area contributed by atoms with Crippen LogP contribution in [0.2, 0.25) is 0 Å². The van der Waals surface area contributed by atoms with Crippen molar-refractivity contribution in [3.05, 3.63) is 0 Å². The Hall–Kier alpha value is 0.430. The first-order chi connectivity index (χ1) is 5.16. The Kier molecular flexibility index (Phi) is 11.8. The summed E-state index contributed by atoms with van der Waals surface area (Å²) in [6, 6.07) is 0. The number of carbonyl (C=O) groups is 1. The van der Waals surface area contributed by atoms with Crippen LogP contribution in [0.3, 0.4) is 0 Å². The van der Waals surface area contributed by atoms with Gasteiger partial charge in [-0.15, -0.1) is 0 Å². The van der Waals surface area contributed by atoms with Gasteiger partial charge in [0, 0.05) is 6.42 Å². The van der Waals surface area contributed by atoms with Crippen molar-refractivity contribution in [3.63, 3.8) is 0 Å². The molecule has 0 radical (unpaired) electrons. The number of unbranched alkanes of at least 4 members (excludes halogenated alkanes) is 1. The van der Waals surface area contributed by atoms with Gasteiger partial charge in [0.1, 0.15) is 0 Å². The molecule has 0 spiro atoms. The predicted molar refractivity (Wildman–Crippen MR) is 49.2 cm³/mol. The standard InChI is InChI=1S/C8H16O3.Na.H/c1-7(2)5-3-4-6-8(9)11-10;;/h7,10H,3-6H2,1-2H3;;. The fourth-order valence-corrected chi connectivity index (χ4v) is 0.868. The van der Waals surface area contributed by atoms with Crippen molar-refractivity contribution < 1.29 is 14.9 Å². The van der Waals surface area contributed by atoms with Gasteiger partial charge in [0.2, 0.25) is 0 Å². The molecule has 68 valence electrons. The molecule has 3 nitrogen and oxygen atoms in total. The van der Waals surface area contributed by atoms with Crippen LogP contribution in [0.1, 0.15) is 39.5 Å². The molecule has 0 aliphatic carbocycles. The Balaban J connectivity index is 0. The molecule has 0 aromatic rings. The number of carbonyl (C=O) groups excluding carboxylic acids is 1. The summed E-state index contributed by atoms with van der Waals surface area (Å²) < 4.78 is 0. The molecule has 0 aromatic heterocycles. The topological polar surface area (TPSA) is 46.5 Å². The zero-order valence-corrected chi connectivity index (χ0v) is 7.17. The van der Waals surface area contributed by atoms with E-state index in [1.165, 1.54) is 0 Å². The molecule has 0 bridgehead atoms. The molecule has 0 aromatic carbocycles. The van der Waals surface area contributed by atoms with Gasteiger partial charge in [-0.05, 0) is 12.3 Å². The Bertz CT molecular complexity index is 115. The van der Waals surface area contributed by atoms with Crippen LogP contribution in [0, 0.1) is 5.92 Å². The summed E-state index contributed by atoms with van der Waals surface area (Å²) in [5, 5.41) is 7.89. The van der Waals surface area contributed by atoms with Crippen LogP contribution in [-0.2, 0) is 9.68 Å². The molecular formula is C8H17NaO3. The molecule has 0 heterocycles. The third-order valence-electron chi connectivity index (χ3n) is 1.51. The van der Waals surface area contributed by atoms with Gasteiger partial charge in [-0.3, -0.25) is 0 Å². The van der Waals surface area contributed by atoms with Crippen LogP contribution in [0.4, 0.5) is 0 Å². The van der Waals surface area contributed by atoms with E-state index in [1.54, 1.807) is 0 Å². The second-order valence-electron chi connectivity index (χ2n) is 3.10. The molecule has 1 N–H and O–H groups in total. The summed E-state index contributed by atoms with van der Waals surface area (Å²) in [5.41, 5.74) is 0. The fourth-order valence-electron chi connectivity index (χ4n) is 0.868. The molecule has 0 saturated heterocycles. The Morgan fingerprint density at radius 3 is 2.42 bits per heavy atom. The predicted octanol–water partition coefficient (Wildman–Crippen LogP) is 1.57. The quantitative estimate of drug-likeness (QED) is 0.305. The summed E-state index contributed by atoms with van der Waals surface area (Å²) in [7, 11) is 0. The van der Waals surface area contributed by atoms with Gasteiger partial charge in [-0.25, -0.2) is 4.79 Å². The number of hydrogen-bond donors (Lipinski definition) is 1. The average Bonchev–Trinajstić information content (AvgIpc) is 1.97. The van der Waals surface area contributed by atoms with Crippen molar-refractivity contribution >= 4 is 35.5 Å². The van der Waals surface area contributed by atoms with Crippen molar-refractivity contribution in [2.75, 3.05) is 0 Å². The normalized spacial score (nSPS) is 9.33. The SMILES string of the molecule is CC(C)CCCCC(=O)OO.[NaH]. The van der Waals surface area contributed by atoms with Crippen LogP contribution in [-0.4, -0.2) is 40.8 Å². The minimum absolute atomic E-state index is 0. The second kappa shape index (κ2) is 9.52. The van der Waals surface area contributed by atoms with Gasteiger partial charge in [0.05, 0.1) is 0 Å². The van der Waals surface area contributed by atoms with Gasteiger partial charge < -0.3 is 4.89 Å². The van der Waals surface area contributed by atoms with Crippen molar-refractivity contribution in [2.45, 2.75) is 39.5 Å². The van der Waals surface area contributed by atoms with Crippen LogP contribution in [0.5, 0.6) is 0 Å². The summed E-state index contributed by atoms with van der Waals surface area (Å²) in [5.74, 6) is 0.147. The molecule has 4 heteroatoms. The molecule has 0 atom stereocenters. The number of rotatable bonds is 5. The Morgan fingerprint density at radius 1 is 1.42 bits per heavy atom. The third-order valence-corrected chi connectivity index (χ3v) is 1.51. The van der Waals surface area contributed by atoms with E-state index in [4.69, 9.17) is 5.26 Å². The van der Waals surface area contributed by atoms with Crippen molar-refractivity contribution in [3.8, 4) is 0 Å². The zero-order valence-electron chi connectivity index (χ0n) is 7.17. The molecule has 0 aliphatic rings. The molecule has 0 aliphatic heterocycles. The Morgan fingerprint density at radius 2 is 2.00 bits per heavy atom. The maximum atomic E-state index is 10.4. The Labute approximate surface area is 95.7 Å². The first kappa shape index (κ1) is 14.9. The van der Waals surface area contributed by atoms with Gasteiger partial charge >= 0.3 is 35.5 Å². The summed E-state index contributed by atoms with van der Waals surface area (Å²) in [4.78, 5) is 13.9. The summed E-state index contributed by atoms with van der Waals surface area (Å²) >= 11 is 0. The second-order valence-corrected chi connectivity index (χ2v) is 3.10. The van der Waals surface area contributed by atoms with E-state index in [9.17, 15) is 4.79 Å². The van der Waals surface area contributed by atoms with E-state index >= 15 is 0 Å². The molecule has 0 amide bonds. The van der Waals surface area contributed by atoms with E-state index in [-0.39, 0.29) is 29.6 Å². The van der Waals surface area contributed by atoms with E-state index < -0.39 is 5.97 Å². The van der Waals surface area contributed by atoms with Gasteiger partial charge in [-0.2, -0.15) is 5.26 Å². The number of hydrogen-bond acceptors (Lipinski definition) is 3. The molecular weight excluding hydrogens is 167 g/mol. The van der Waals surface area contributed by atoms with Gasteiger partial charge in [0.15, 0.2) is 0 Å². The van der Waals surface area contributed by atoms with E-state index in [0.29, 0.717) is 12.3 Å². The van der Waals surface area contributed by atoms with Crippen LogP contribution >= 0.6 is 0 Å².